The van der Waals surface area contributed by atoms with Crippen molar-refractivity contribution in [1.29, 1.82) is 0 Å². The summed E-state index contributed by atoms with van der Waals surface area (Å²) in [5.74, 6) is -0.206. The molecule has 0 unspecified atom stereocenters. The fourth-order valence-electron chi connectivity index (χ4n) is 3.32. The molecule has 2 aromatic heterocycles. The van der Waals surface area contributed by atoms with E-state index in [0.717, 1.165) is 12.1 Å². The van der Waals surface area contributed by atoms with Crippen LogP contribution in [0, 0.1) is 11.6 Å². The van der Waals surface area contributed by atoms with Gasteiger partial charge in [0.15, 0.2) is 11.6 Å². The first kappa shape index (κ1) is 21.1. The van der Waals surface area contributed by atoms with Crippen molar-refractivity contribution < 1.29 is 17.2 Å². The van der Waals surface area contributed by atoms with Gasteiger partial charge in [0.1, 0.15) is 17.5 Å². The van der Waals surface area contributed by atoms with E-state index in [9.17, 15) is 17.2 Å². The number of sulfonamides is 1. The molecule has 1 saturated heterocycles. The van der Waals surface area contributed by atoms with E-state index in [-0.39, 0.29) is 18.7 Å². The van der Waals surface area contributed by atoms with Gasteiger partial charge in [-0.15, -0.1) is 10.2 Å². The molecule has 0 amide bonds. The minimum atomic E-state index is -3.70. The predicted molar refractivity (Wildman–Crippen MR) is 112 cm³/mol. The Kier molecular flexibility index (Phi) is 6.05. The Bertz CT molecular complexity index is 1120. The van der Waals surface area contributed by atoms with Gasteiger partial charge in [0.25, 0.3) is 0 Å². The van der Waals surface area contributed by atoms with Crippen LogP contribution in [0.25, 0.3) is 0 Å². The molecular formula is C20H20F2N6O2S. The van der Waals surface area contributed by atoms with Gasteiger partial charge in [-0.2, -0.15) is 4.31 Å². The first-order chi connectivity index (χ1) is 14.9. The summed E-state index contributed by atoms with van der Waals surface area (Å²) in [6.45, 7) is 1.35. The maximum atomic E-state index is 13.4. The van der Waals surface area contributed by atoms with Gasteiger partial charge in [-0.25, -0.2) is 22.2 Å². The molecule has 3 aromatic rings. The molecule has 0 aliphatic carbocycles. The monoisotopic (exact) mass is 446 g/mol. The first-order valence-electron chi connectivity index (χ1n) is 9.59. The van der Waals surface area contributed by atoms with Crippen molar-refractivity contribution in [3.8, 4) is 0 Å². The van der Waals surface area contributed by atoms with E-state index in [1.165, 1.54) is 4.31 Å². The van der Waals surface area contributed by atoms with Crippen LogP contribution in [0.2, 0.25) is 0 Å². The second-order valence-electron chi connectivity index (χ2n) is 7.04. The molecule has 1 aliphatic rings. The fourth-order valence-corrected chi connectivity index (χ4v) is 4.81. The number of aromatic nitrogens is 3. The van der Waals surface area contributed by atoms with Crippen LogP contribution in [0.4, 0.5) is 26.2 Å². The third-order valence-electron chi connectivity index (χ3n) is 4.80. The number of nitrogens with zero attached hydrogens (tertiary/aromatic N) is 5. The lowest BCUT2D eigenvalue weighted by molar-refractivity contribution is 0.383. The van der Waals surface area contributed by atoms with E-state index >= 15 is 0 Å². The van der Waals surface area contributed by atoms with Crippen molar-refractivity contribution in [3.05, 3.63) is 71.9 Å². The summed E-state index contributed by atoms with van der Waals surface area (Å²) in [5, 5.41) is 11.4. The lowest BCUT2D eigenvalue weighted by Gasteiger charge is -2.34. The topological polar surface area (TPSA) is 91.3 Å². The Morgan fingerprint density at radius 1 is 0.903 bits per heavy atom. The second-order valence-corrected chi connectivity index (χ2v) is 9.01. The van der Waals surface area contributed by atoms with E-state index in [1.807, 2.05) is 23.1 Å². The third kappa shape index (κ3) is 5.30. The molecule has 0 radical (unpaired) electrons. The summed E-state index contributed by atoms with van der Waals surface area (Å²) in [6.07, 6.45) is 1.67. The molecule has 0 atom stereocenters. The zero-order valence-corrected chi connectivity index (χ0v) is 17.3. The molecule has 1 fully saturated rings. The molecule has 1 N–H and O–H groups in total. The lowest BCUT2D eigenvalue weighted by atomic mass is 10.2. The van der Waals surface area contributed by atoms with E-state index in [0.29, 0.717) is 36.6 Å². The molecule has 8 nitrogen and oxygen atoms in total. The van der Waals surface area contributed by atoms with Crippen LogP contribution in [0.1, 0.15) is 5.56 Å². The summed E-state index contributed by atoms with van der Waals surface area (Å²) >= 11 is 0. The molecule has 0 bridgehead atoms. The Morgan fingerprint density at radius 2 is 1.65 bits per heavy atom. The van der Waals surface area contributed by atoms with E-state index < -0.39 is 27.4 Å². The number of pyridine rings is 1. The van der Waals surface area contributed by atoms with Crippen molar-refractivity contribution >= 4 is 27.5 Å². The highest BCUT2D eigenvalue weighted by atomic mass is 32.2. The standard InChI is InChI=1S/C20H20F2N6O2S/c21-16-11-15(12-17(22)13-16)14-31(29,30)28-9-7-27(8-10-28)20-5-4-19(25-26-20)24-18-3-1-2-6-23-18/h1-6,11-13H,7-10,14H2,(H,23,24,25). The van der Waals surface area contributed by atoms with Gasteiger partial charge in [-0.05, 0) is 42.0 Å². The SMILES string of the molecule is O=S(=O)(Cc1cc(F)cc(F)c1)N1CCN(c2ccc(Nc3ccccn3)nn2)CC1. The number of rotatable bonds is 6. The highest BCUT2D eigenvalue weighted by Gasteiger charge is 2.28. The minimum Gasteiger partial charge on any atom is -0.352 e. The molecule has 3 heterocycles. The highest BCUT2D eigenvalue weighted by molar-refractivity contribution is 7.88. The molecule has 0 spiro atoms. The van der Waals surface area contributed by atoms with Crippen LogP contribution in [-0.4, -0.2) is 54.1 Å². The summed E-state index contributed by atoms with van der Waals surface area (Å²) in [4.78, 5) is 6.10. The van der Waals surface area contributed by atoms with Gasteiger partial charge in [-0.3, -0.25) is 0 Å². The minimum absolute atomic E-state index is 0.0850. The van der Waals surface area contributed by atoms with Gasteiger partial charge in [-0.1, -0.05) is 6.07 Å². The maximum Gasteiger partial charge on any atom is 0.218 e. The van der Waals surface area contributed by atoms with Crippen molar-refractivity contribution in [3.63, 3.8) is 0 Å². The predicted octanol–water partition coefficient (Wildman–Crippen LogP) is 2.55. The van der Waals surface area contributed by atoms with Crippen LogP contribution in [0.15, 0.2) is 54.7 Å². The van der Waals surface area contributed by atoms with Crippen LogP contribution in [0.3, 0.4) is 0 Å². The van der Waals surface area contributed by atoms with Gasteiger partial charge >= 0.3 is 0 Å². The zero-order chi connectivity index (χ0) is 21.8. The van der Waals surface area contributed by atoms with Crippen LogP contribution < -0.4 is 10.2 Å². The first-order valence-corrected chi connectivity index (χ1v) is 11.2. The number of anilines is 3. The van der Waals surface area contributed by atoms with Gasteiger partial charge < -0.3 is 10.2 Å². The Balaban J connectivity index is 1.35. The van der Waals surface area contributed by atoms with E-state index in [2.05, 4.69) is 20.5 Å². The lowest BCUT2D eigenvalue weighted by Crippen LogP contribution is -2.49. The molecule has 11 heteroatoms. The average Bonchev–Trinajstić information content (AvgIpc) is 2.74. The Hall–Kier alpha value is -3.18. The van der Waals surface area contributed by atoms with Crippen molar-refractivity contribution in [2.24, 2.45) is 0 Å². The normalized spacial score (nSPS) is 15.1. The molecular weight excluding hydrogens is 426 g/mol. The highest BCUT2D eigenvalue weighted by Crippen LogP contribution is 2.19. The molecule has 1 aromatic carbocycles. The van der Waals surface area contributed by atoms with Gasteiger partial charge in [0.2, 0.25) is 10.0 Å². The second kappa shape index (κ2) is 8.90. The van der Waals surface area contributed by atoms with Crippen molar-refractivity contribution in [1.82, 2.24) is 19.5 Å². The number of hydrogen-bond acceptors (Lipinski definition) is 7. The summed E-state index contributed by atoms with van der Waals surface area (Å²) in [6, 6.07) is 11.9. The fraction of sp³-hybridized carbons (Fsp3) is 0.250. The quantitative estimate of drug-likeness (QED) is 0.622. The van der Waals surface area contributed by atoms with Crippen molar-refractivity contribution in [2.45, 2.75) is 5.75 Å². The Labute approximate surface area is 178 Å². The average molecular weight is 446 g/mol. The molecule has 31 heavy (non-hydrogen) atoms. The number of hydrogen-bond donors (Lipinski definition) is 1. The number of benzene rings is 1. The van der Waals surface area contributed by atoms with Crippen molar-refractivity contribution in [2.75, 3.05) is 36.4 Å². The number of halogens is 2. The summed E-state index contributed by atoms with van der Waals surface area (Å²) in [5.41, 5.74) is 0.0850. The van der Waals surface area contributed by atoms with Gasteiger partial charge in [0, 0.05) is 38.4 Å². The van der Waals surface area contributed by atoms with E-state index in [4.69, 9.17) is 0 Å². The zero-order valence-electron chi connectivity index (χ0n) is 16.4. The molecule has 4 rings (SSSR count). The molecule has 1 aliphatic heterocycles. The summed E-state index contributed by atoms with van der Waals surface area (Å²) in [7, 11) is -3.70. The van der Waals surface area contributed by atoms with Crippen LogP contribution >= 0.6 is 0 Å². The van der Waals surface area contributed by atoms with Crippen LogP contribution in [-0.2, 0) is 15.8 Å². The largest absolute Gasteiger partial charge is 0.352 e. The smallest absolute Gasteiger partial charge is 0.218 e. The molecule has 0 saturated carbocycles. The molecule has 162 valence electrons. The number of nitrogens with one attached hydrogen (secondary N) is 1. The van der Waals surface area contributed by atoms with E-state index in [1.54, 1.807) is 18.3 Å². The third-order valence-corrected chi connectivity index (χ3v) is 6.65. The Morgan fingerprint density at radius 3 is 2.26 bits per heavy atom. The summed E-state index contributed by atoms with van der Waals surface area (Å²) < 4.78 is 53.4. The van der Waals surface area contributed by atoms with Gasteiger partial charge in [0.05, 0.1) is 5.75 Å². The van der Waals surface area contributed by atoms with Crippen LogP contribution in [0.5, 0.6) is 0 Å². The number of piperazine rings is 1. The maximum absolute atomic E-state index is 13.4.